The molecule has 5 heteroatoms. The van der Waals surface area contributed by atoms with Crippen molar-refractivity contribution in [1.82, 2.24) is 9.47 Å². The van der Waals surface area contributed by atoms with Gasteiger partial charge in [-0.2, -0.15) is 0 Å². The number of amides is 1. The van der Waals surface area contributed by atoms with E-state index in [0.29, 0.717) is 15.8 Å². The van der Waals surface area contributed by atoms with Crippen LogP contribution in [0.15, 0.2) is 47.9 Å². The molecule has 1 saturated heterocycles. The normalized spacial score (nSPS) is 15.7. The molecular formula is C23H26N2OS2. The van der Waals surface area contributed by atoms with Crippen molar-refractivity contribution >= 4 is 40.3 Å². The Kier molecular flexibility index (Phi) is 6.57. The number of nitrogens with zero attached hydrogens (tertiary/aromatic N) is 2. The Bertz CT molecular complexity index is 938. The Balaban J connectivity index is 1.89. The van der Waals surface area contributed by atoms with Crippen LogP contribution in [-0.2, 0) is 11.2 Å². The minimum Gasteiger partial charge on any atom is -0.318 e. The molecule has 146 valence electrons. The van der Waals surface area contributed by atoms with Crippen molar-refractivity contribution in [2.45, 2.75) is 40.0 Å². The van der Waals surface area contributed by atoms with E-state index in [2.05, 4.69) is 62.2 Å². The smallest absolute Gasteiger partial charge is 0.266 e. The number of unbranched alkanes of at least 4 members (excludes halogenated alkanes) is 1. The number of hydrogen-bond donors (Lipinski definition) is 0. The lowest BCUT2D eigenvalue weighted by atomic mass is 10.1. The zero-order valence-electron chi connectivity index (χ0n) is 16.7. The summed E-state index contributed by atoms with van der Waals surface area (Å²) in [5.74, 6) is -0.0417. The van der Waals surface area contributed by atoms with Crippen LogP contribution in [0.5, 0.6) is 0 Å². The quantitative estimate of drug-likeness (QED) is 0.326. The zero-order valence-corrected chi connectivity index (χ0v) is 18.3. The highest BCUT2D eigenvalue weighted by Gasteiger charge is 2.31. The Labute approximate surface area is 177 Å². The summed E-state index contributed by atoms with van der Waals surface area (Å²) in [5.41, 5.74) is 5.83. The maximum Gasteiger partial charge on any atom is 0.266 e. The summed E-state index contributed by atoms with van der Waals surface area (Å²) in [6.07, 6.45) is 7.20. The van der Waals surface area contributed by atoms with Crippen LogP contribution >= 0.6 is 24.0 Å². The van der Waals surface area contributed by atoms with Crippen molar-refractivity contribution < 1.29 is 4.79 Å². The molecule has 3 rings (SSSR count). The monoisotopic (exact) mass is 410 g/mol. The summed E-state index contributed by atoms with van der Waals surface area (Å²) in [6, 6.07) is 10.9. The first-order valence-corrected chi connectivity index (χ1v) is 10.8. The number of benzene rings is 1. The predicted octanol–water partition coefficient (Wildman–Crippen LogP) is 5.82. The van der Waals surface area contributed by atoms with E-state index in [1.54, 1.807) is 11.0 Å². The average molecular weight is 411 g/mol. The maximum absolute atomic E-state index is 12.6. The molecule has 2 aromatic rings. The third kappa shape index (κ3) is 4.15. The van der Waals surface area contributed by atoms with Crippen LogP contribution in [-0.4, -0.2) is 26.2 Å². The van der Waals surface area contributed by atoms with Crippen molar-refractivity contribution in [2.24, 2.45) is 0 Å². The van der Waals surface area contributed by atoms with Crippen LogP contribution in [0.25, 0.3) is 11.8 Å². The van der Waals surface area contributed by atoms with E-state index in [9.17, 15) is 4.79 Å². The molecule has 0 aliphatic carbocycles. The van der Waals surface area contributed by atoms with E-state index < -0.39 is 0 Å². The van der Waals surface area contributed by atoms with Crippen LogP contribution in [0, 0.1) is 13.8 Å². The number of aromatic nitrogens is 1. The van der Waals surface area contributed by atoms with E-state index in [1.807, 2.05) is 6.08 Å². The first-order chi connectivity index (χ1) is 13.5. The van der Waals surface area contributed by atoms with Crippen LogP contribution in [0.4, 0.5) is 0 Å². The van der Waals surface area contributed by atoms with E-state index in [1.165, 1.54) is 30.2 Å². The summed E-state index contributed by atoms with van der Waals surface area (Å²) in [6.45, 7) is 10.6. The zero-order chi connectivity index (χ0) is 20.3. The second-order valence-corrected chi connectivity index (χ2v) is 8.69. The van der Waals surface area contributed by atoms with E-state index >= 15 is 0 Å². The first-order valence-electron chi connectivity index (χ1n) is 9.60. The lowest BCUT2D eigenvalue weighted by Gasteiger charge is -2.11. The summed E-state index contributed by atoms with van der Waals surface area (Å²) in [4.78, 5) is 14.9. The largest absolute Gasteiger partial charge is 0.318 e. The predicted molar refractivity (Wildman–Crippen MR) is 124 cm³/mol. The number of aryl methyl sites for hydroxylation is 2. The molecule has 1 aromatic heterocycles. The minimum atomic E-state index is -0.0417. The van der Waals surface area contributed by atoms with Gasteiger partial charge in [-0.05, 0) is 62.1 Å². The van der Waals surface area contributed by atoms with Gasteiger partial charge in [-0.1, -0.05) is 55.5 Å². The summed E-state index contributed by atoms with van der Waals surface area (Å²) >= 11 is 6.69. The lowest BCUT2D eigenvalue weighted by Crippen LogP contribution is -2.27. The molecule has 28 heavy (non-hydrogen) atoms. The Morgan fingerprint density at radius 2 is 1.93 bits per heavy atom. The molecule has 1 fully saturated rings. The standard InChI is InChI=1S/C23H26N2OS2/c1-5-7-8-18-9-11-20(12-10-18)25-16(3)14-19(17(25)4)15-21-22(26)24(13-6-2)23(27)28-21/h6,9-12,14-15H,2,5,7-8,13H2,1,3-4H3/b21-15-. The van der Waals surface area contributed by atoms with Gasteiger partial charge in [0.1, 0.15) is 4.32 Å². The van der Waals surface area contributed by atoms with Gasteiger partial charge in [0.15, 0.2) is 0 Å². The Hall–Kier alpha value is -2.11. The topological polar surface area (TPSA) is 25.2 Å². The highest BCUT2D eigenvalue weighted by Crippen LogP contribution is 2.34. The van der Waals surface area contributed by atoms with E-state index in [4.69, 9.17) is 12.2 Å². The van der Waals surface area contributed by atoms with Gasteiger partial charge in [0.25, 0.3) is 5.91 Å². The molecule has 0 atom stereocenters. The van der Waals surface area contributed by atoms with Crippen LogP contribution < -0.4 is 0 Å². The summed E-state index contributed by atoms with van der Waals surface area (Å²) in [5, 5.41) is 0. The Morgan fingerprint density at radius 3 is 2.57 bits per heavy atom. The fraction of sp³-hybridized carbons (Fsp3) is 0.304. The maximum atomic E-state index is 12.6. The molecule has 0 spiro atoms. The number of hydrogen-bond acceptors (Lipinski definition) is 3. The molecule has 0 unspecified atom stereocenters. The lowest BCUT2D eigenvalue weighted by molar-refractivity contribution is -0.121. The molecule has 1 aliphatic heterocycles. The number of carbonyl (C=O) groups excluding carboxylic acids is 1. The van der Waals surface area contributed by atoms with Gasteiger partial charge in [-0.15, -0.1) is 6.58 Å². The van der Waals surface area contributed by atoms with Crippen LogP contribution in [0.1, 0.15) is 42.3 Å². The van der Waals surface area contributed by atoms with Gasteiger partial charge >= 0.3 is 0 Å². The highest BCUT2D eigenvalue weighted by atomic mass is 32.2. The average Bonchev–Trinajstić information content (AvgIpc) is 3.11. The SMILES string of the molecule is C=CCN1C(=O)/C(=C/c2cc(C)n(-c3ccc(CCCC)cc3)c2C)SC1=S. The number of thiocarbonyl (C=S) groups is 1. The second kappa shape index (κ2) is 8.93. The van der Waals surface area contributed by atoms with Crippen molar-refractivity contribution in [2.75, 3.05) is 6.54 Å². The van der Waals surface area contributed by atoms with Gasteiger partial charge in [0, 0.05) is 23.6 Å². The molecule has 1 aliphatic rings. The van der Waals surface area contributed by atoms with E-state index in [0.717, 1.165) is 29.1 Å². The van der Waals surface area contributed by atoms with Crippen molar-refractivity contribution in [1.29, 1.82) is 0 Å². The third-order valence-electron chi connectivity index (χ3n) is 4.96. The Morgan fingerprint density at radius 1 is 1.21 bits per heavy atom. The number of rotatable bonds is 7. The molecule has 0 saturated carbocycles. The molecule has 2 heterocycles. The second-order valence-electron chi connectivity index (χ2n) is 7.01. The minimum absolute atomic E-state index is 0.0417. The summed E-state index contributed by atoms with van der Waals surface area (Å²) < 4.78 is 2.83. The van der Waals surface area contributed by atoms with Gasteiger partial charge in [-0.25, -0.2) is 0 Å². The molecule has 0 bridgehead atoms. The molecule has 1 amide bonds. The van der Waals surface area contributed by atoms with Gasteiger partial charge in [-0.3, -0.25) is 9.69 Å². The van der Waals surface area contributed by atoms with Gasteiger partial charge in [0.05, 0.1) is 4.91 Å². The molecule has 3 nitrogen and oxygen atoms in total. The van der Waals surface area contributed by atoms with E-state index in [-0.39, 0.29) is 5.91 Å². The molecular weight excluding hydrogens is 384 g/mol. The fourth-order valence-corrected chi connectivity index (χ4v) is 4.72. The molecule has 0 N–H and O–H groups in total. The first kappa shape index (κ1) is 20.6. The van der Waals surface area contributed by atoms with Gasteiger partial charge in [0.2, 0.25) is 0 Å². The van der Waals surface area contributed by atoms with Crippen molar-refractivity contribution in [3.63, 3.8) is 0 Å². The highest BCUT2D eigenvalue weighted by molar-refractivity contribution is 8.26. The van der Waals surface area contributed by atoms with Crippen molar-refractivity contribution in [3.05, 3.63) is 70.4 Å². The fourth-order valence-electron chi connectivity index (χ4n) is 3.45. The number of thioether (sulfide) groups is 1. The van der Waals surface area contributed by atoms with Gasteiger partial charge < -0.3 is 4.57 Å². The third-order valence-corrected chi connectivity index (χ3v) is 6.33. The van der Waals surface area contributed by atoms with Crippen LogP contribution in [0.2, 0.25) is 0 Å². The summed E-state index contributed by atoms with van der Waals surface area (Å²) in [7, 11) is 0. The van der Waals surface area contributed by atoms with Crippen LogP contribution in [0.3, 0.4) is 0 Å². The number of carbonyl (C=O) groups is 1. The van der Waals surface area contributed by atoms with Crippen molar-refractivity contribution in [3.8, 4) is 5.69 Å². The molecule has 1 aromatic carbocycles. The molecule has 0 radical (unpaired) electrons.